The molecule has 0 bridgehead atoms. The molecule has 0 fully saturated rings. The molecule has 3 amide bonds. The van der Waals surface area contributed by atoms with Crippen molar-refractivity contribution in [2.24, 2.45) is 5.92 Å². The van der Waals surface area contributed by atoms with Gasteiger partial charge in [-0.25, -0.2) is 9.59 Å². The molecule has 1 atom stereocenters. The van der Waals surface area contributed by atoms with E-state index in [1.165, 1.54) is 17.0 Å². The quantitative estimate of drug-likeness (QED) is 0.530. The third-order valence-electron chi connectivity index (χ3n) is 5.18. The van der Waals surface area contributed by atoms with Gasteiger partial charge in [-0.05, 0) is 48.7 Å². The zero-order valence-corrected chi connectivity index (χ0v) is 20.3. The number of nitrogens with zero attached hydrogens (tertiary/aromatic N) is 1. The summed E-state index contributed by atoms with van der Waals surface area (Å²) >= 11 is 12.0. The van der Waals surface area contributed by atoms with Gasteiger partial charge in [0.15, 0.2) is 0 Å². The minimum atomic E-state index is -0.732. The van der Waals surface area contributed by atoms with Crippen LogP contribution >= 0.6 is 23.2 Å². The van der Waals surface area contributed by atoms with Crippen molar-refractivity contribution in [3.05, 3.63) is 74.9 Å². The van der Waals surface area contributed by atoms with E-state index in [0.29, 0.717) is 27.5 Å². The molecule has 9 heteroatoms. The van der Waals surface area contributed by atoms with E-state index in [2.05, 4.69) is 10.6 Å². The molecule has 0 aliphatic carbocycles. The molecule has 2 aromatic rings. The van der Waals surface area contributed by atoms with Crippen LogP contribution in [0.5, 0.6) is 0 Å². The largest absolute Gasteiger partial charge is 0.462 e. The highest BCUT2D eigenvalue weighted by Crippen LogP contribution is 2.32. The van der Waals surface area contributed by atoms with Gasteiger partial charge in [0.1, 0.15) is 0 Å². The number of benzene rings is 2. The zero-order chi connectivity index (χ0) is 24.3. The summed E-state index contributed by atoms with van der Waals surface area (Å²) in [6, 6.07) is 10.4. The van der Waals surface area contributed by atoms with Gasteiger partial charge in [0.05, 0.1) is 28.8 Å². The fraction of sp³-hybridized carbons (Fsp3) is 0.292. The Morgan fingerprint density at radius 1 is 1.18 bits per heavy atom. The Balaban J connectivity index is 1.91. The predicted molar refractivity (Wildman–Crippen MR) is 128 cm³/mol. The van der Waals surface area contributed by atoms with Gasteiger partial charge < -0.3 is 20.3 Å². The summed E-state index contributed by atoms with van der Waals surface area (Å²) in [6.45, 7) is 5.85. The molecule has 1 unspecified atom stereocenters. The molecule has 1 heterocycles. The predicted octanol–water partition coefficient (Wildman–Crippen LogP) is 5.42. The van der Waals surface area contributed by atoms with Crippen LogP contribution in [-0.4, -0.2) is 36.5 Å². The number of amides is 3. The topological polar surface area (TPSA) is 87.7 Å². The van der Waals surface area contributed by atoms with Gasteiger partial charge >= 0.3 is 12.0 Å². The first-order chi connectivity index (χ1) is 15.6. The Labute approximate surface area is 202 Å². The Hall–Kier alpha value is -3.03. The molecule has 2 N–H and O–H groups in total. The van der Waals surface area contributed by atoms with E-state index in [4.69, 9.17) is 27.9 Å². The van der Waals surface area contributed by atoms with E-state index in [-0.39, 0.29) is 29.1 Å². The minimum absolute atomic E-state index is 0.169. The second-order valence-corrected chi connectivity index (χ2v) is 8.98. The molecular weight excluding hydrogens is 465 g/mol. The molecular formula is C24H25Cl2N3O4. The van der Waals surface area contributed by atoms with E-state index in [1.54, 1.807) is 44.3 Å². The molecule has 0 saturated carbocycles. The second kappa shape index (κ2) is 10.3. The average Bonchev–Trinajstić information content (AvgIpc) is 2.75. The van der Waals surface area contributed by atoms with Crippen LogP contribution in [0.3, 0.4) is 0 Å². The molecule has 2 aromatic carbocycles. The number of carbonyl (C=O) groups is 3. The lowest BCUT2D eigenvalue weighted by atomic mass is 9.94. The standard InChI is InChI=1S/C24H25Cl2N3O4/c1-13(2)12-33-23(31)20-14(3)29(4)24(32)28-21(20)15-6-5-7-17(10-15)27-22(30)18-9-8-16(25)11-19(18)26/h5-11,13,21H,12H2,1-4H3,(H,27,30)(H,28,32). The number of ether oxygens (including phenoxy) is 1. The number of nitrogens with one attached hydrogen (secondary N) is 2. The first-order valence-corrected chi connectivity index (χ1v) is 11.1. The summed E-state index contributed by atoms with van der Waals surface area (Å²) < 4.78 is 5.45. The van der Waals surface area contributed by atoms with Gasteiger partial charge in [0.25, 0.3) is 5.91 Å². The van der Waals surface area contributed by atoms with E-state index >= 15 is 0 Å². The summed E-state index contributed by atoms with van der Waals surface area (Å²) in [4.78, 5) is 39.5. The highest BCUT2D eigenvalue weighted by atomic mass is 35.5. The Morgan fingerprint density at radius 2 is 1.91 bits per heavy atom. The minimum Gasteiger partial charge on any atom is -0.462 e. The Morgan fingerprint density at radius 3 is 2.58 bits per heavy atom. The van der Waals surface area contributed by atoms with E-state index < -0.39 is 17.9 Å². The van der Waals surface area contributed by atoms with Crippen LogP contribution in [0.2, 0.25) is 10.0 Å². The molecule has 1 aliphatic heterocycles. The maximum absolute atomic E-state index is 12.9. The molecule has 0 radical (unpaired) electrons. The number of urea groups is 1. The number of carbonyl (C=O) groups excluding carboxylic acids is 3. The van der Waals surface area contributed by atoms with Crippen molar-refractivity contribution >= 4 is 46.8 Å². The monoisotopic (exact) mass is 489 g/mol. The summed E-state index contributed by atoms with van der Waals surface area (Å²) in [6.07, 6.45) is 0. The normalized spacial score (nSPS) is 16.0. The van der Waals surface area contributed by atoms with Gasteiger partial charge in [-0.15, -0.1) is 0 Å². The summed E-state index contributed by atoms with van der Waals surface area (Å²) in [5.41, 5.74) is 2.20. The molecule has 7 nitrogen and oxygen atoms in total. The lowest BCUT2D eigenvalue weighted by molar-refractivity contribution is -0.140. The molecule has 0 spiro atoms. The van der Waals surface area contributed by atoms with E-state index in [1.807, 2.05) is 13.8 Å². The third-order valence-corrected chi connectivity index (χ3v) is 5.72. The number of anilines is 1. The molecule has 174 valence electrons. The van der Waals surface area contributed by atoms with Crippen molar-refractivity contribution in [3.8, 4) is 0 Å². The average molecular weight is 490 g/mol. The highest BCUT2D eigenvalue weighted by Gasteiger charge is 2.35. The van der Waals surface area contributed by atoms with E-state index in [0.717, 1.165) is 0 Å². The van der Waals surface area contributed by atoms with Crippen molar-refractivity contribution in [2.45, 2.75) is 26.8 Å². The van der Waals surface area contributed by atoms with Crippen LogP contribution in [0.1, 0.15) is 42.7 Å². The Kier molecular flexibility index (Phi) is 7.66. The van der Waals surface area contributed by atoms with Gasteiger partial charge in [-0.1, -0.05) is 49.2 Å². The maximum atomic E-state index is 12.9. The van der Waals surface area contributed by atoms with Gasteiger partial charge in [-0.3, -0.25) is 4.79 Å². The van der Waals surface area contributed by atoms with Crippen molar-refractivity contribution in [1.29, 1.82) is 0 Å². The number of hydrogen-bond donors (Lipinski definition) is 2. The van der Waals surface area contributed by atoms with Crippen LogP contribution < -0.4 is 10.6 Å². The zero-order valence-electron chi connectivity index (χ0n) is 18.7. The van der Waals surface area contributed by atoms with Gasteiger partial charge in [-0.2, -0.15) is 0 Å². The fourth-order valence-corrected chi connectivity index (χ4v) is 3.83. The fourth-order valence-electron chi connectivity index (χ4n) is 3.34. The van der Waals surface area contributed by atoms with Crippen LogP contribution in [0, 0.1) is 5.92 Å². The third kappa shape index (κ3) is 5.67. The number of hydrogen-bond acceptors (Lipinski definition) is 4. The SMILES string of the molecule is CC1=C(C(=O)OCC(C)C)C(c2cccc(NC(=O)c3ccc(Cl)cc3Cl)c2)NC(=O)N1C. The van der Waals surface area contributed by atoms with E-state index in [9.17, 15) is 14.4 Å². The number of rotatable bonds is 6. The second-order valence-electron chi connectivity index (χ2n) is 8.14. The Bertz CT molecular complexity index is 1130. The van der Waals surface area contributed by atoms with Crippen molar-refractivity contribution in [1.82, 2.24) is 10.2 Å². The summed E-state index contributed by atoms with van der Waals surface area (Å²) in [5, 5.41) is 6.29. The van der Waals surface area contributed by atoms with Gasteiger partial charge in [0, 0.05) is 23.5 Å². The number of esters is 1. The lowest BCUT2D eigenvalue weighted by Gasteiger charge is -2.33. The molecule has 3 rings (SSSR count). The summed E-state index contributed by atoms with van der Waals surface area (Å²) in [7, 11) is 1.59. The molecule has 0 saturated heterocycles. The first-order valence-electron chi connectivity index (χ1n) is 10.4. The van der Waals surface area contributed by atoms with Crippen LogP contribution in [0.4, 0.5) is 10.5 Å². The van der Waals surface area contributed by atoms with Crippen LogP contribution in [0.25, 0.3) is 0 Å². The van der Waals surface area contributed by atoms with Gasteiger partial charge in [0.2, 0.25) is 0 Å². The molecule has 33 heavy (non-hydrogen) atoms. The first kappa shape index (κ1) is 24.6. The molecule has 1 aliphatic rings. The van der Waals surface area contributed by atoms with Crippen LogP contribution in [-0.2, 0) is 9.53 Å². The highest BCUT2D eigenvalue weighted by molar-refractivity contribution is 6.37. The molecule has 0 aromatic heterocycles. The maximum Gasteiger partial charge on any atom is 0.338 e. The lowest BCUT2D eigenvalue weighted by Crippen LogP contribution is -2.46. The van der Waals surface area contributed by atoms with Crippen molar-refractivity contribution < 1.29 is 19.1 Å². The number of halogens is 2. The number of allylic oxidation sites excluding steroid dienone is 1. The van der Waals surface area contributed by atoms with Crippen LogP contribution in [0.15, 0.2) is 53.7 Å². The summed E-state index contributed by atoms with van der Waals surface area (Å²) in [5.74, 6) is -0.743. The van der Waals surface area contributed by atoms with Crippen molar-refractivity contribution in [3.63, 3.8) is 0 Å². The smallest absolute Gasteiger partial charge is 0.338 e. The van der Waals surface area contributed by atoms with Crippen molar-refractivity contribution in [2.75, 3.05) is 19.0 Å².